The van der Waals surface area contributed by atoms with E-state index >= 15 is 0 Å². The first kappa shape index (κ1) is 22.8. The minimum atomic E-state index is -3.94. The average Bonchev–Trinajstić information content (AvgIpc) is 3.06. The van der Waals surface area contributed by atoms with Gasteiger partial charge in [-0.2, -0.15) is 0 Å². The van der Waals surface area contributed by atoms with Gasteiger partial charge in [0.2, 0.25) is 10.0 Å². The summed E-state index contributed by atoms with van der Waals surface area (Å²) in [6.45, 7) is 1.84. The number of nitrogens with zero attached hydrogens (tertiary/aromatic N) is 2. The Kier molecular flexibility index (Phi) is 5.91. The molecular weight excluding hydrogens is 510 g/mol. The lowest BCUT2D eigenvalue weighted by Gasteiger charge is -2.24. The van der Waals surface area contributed by atoms with E-state index in [-0.39, 0.29) is 21.9 Å². The molecule has 4 rings (SSSR count). The second-order valence-electron chi connectivity index (χ2n) is 7.43. The Hall–Kier alpha value is -3.34. The van der Waals surface area contributed by atoms with Crippen molar-refractivity contribution in [1.82, 2.24) is 4.98 Å². The van der Waals surface area contributed by atoms with Crippen molar-refractivity contribution in [2.45, 2.75) is 17.9 Å². The van der Waals surface area contributed by atoms with Gasteiger partial charge in [0.05, 0.1) is 16.2 Å². The van der Waals surface area contributed by atoms with E-state index in [4.69, 9.17) is 5.14 Å². The number of primary sulfonamides is 1. The lowest BCUT2D eigenvalue weighted by Crippen LogP contribution is -2.29. The van der Waals surface area contributed by atoms with Gasteiger partial charge < -0.3 is 5.11 Å². The molecule has 2 heterocycles. The molecule has 3 N–H and O–H groups in total. The number of amides is 1. The van der Waals surface area contributed by atoms with Crippen LogP contribution in [0.15, 0.2) is 81.8 Å². The fourth-order valence-corrected chi connectivity index (χ4v) is 4.42. The van der Waals surface area contributed by atoms with Crippen LogP contribution < -0.4 is 10.0 Å². The molecule has 1 fully saturated rings. The molecule has 1 unspecified atom stereocenters. The number of aliphatic hydroxyl groups is 1. The van der Waals surface area contributed by atoms with E-state index in [1.54, 1.807) is 36.4 Å². The molecule has 0 radical (unpaired) electrons. The van der Waals surface area contributed by atoms with Gasteiger partial charge in [0.1, 0.15) is 11.8 Å². The topological polar surface area (TPSA) is 131 Å². The van der Waals surface area contributed by atoms with Gasteiger partial charge in [-0.1, -0.05) is 28.1 Å². The predicted octanol–water partition coefficient (Wildman–Crippen LogP) is 3.43. The van der Waals surface area contributed by atoms with Crippen molar-refractivity contribution in [1.29, 1.82) is 0 Å². The van der Waals surface area contributed by atoms with Crippen molar-refractivity contribution in [2.75, 3.05) is 4.90 Å². The fourth-order valence-electron chi connectivity index (χ4n) is 3.66. The van der Waals surface area contributed by atoms with E-state index in [2.05, 4.69) is 20.9 Å². The number of hydrogen-bond acceptors (Lipinski definition) is 6. The number of anilines is 1. The van der Waals surface area contributed by atoms with Gasteiger partial charge in [0.15, 0.2) is 0 Å². The van der Waals surface area contributed by atoms with Crippen LogP contribution in [0.3, 0.4) is 0 Å². The average molecular weight is 528 g/mol. The molecule has 10 heteroatoms. The minimum absolute atomic E-state index is 0.115. The lowest BCUT2D eigenvalue weighted by molar-refractivity contribution is -0.132. The monoisotopic (exact) mass is 527 g/mol. The van der Waals surface area contributed by atoms with Crippen molar-refractivity contribution < 1.29 is 23.1 Å². The number of benzene rings is 2. The maximum atomic E-state index is 13.1. The zero-order valence-electron chi connectivity index (χ0n) is 17.3. The molecule has 8 nitrogen and oxygen atoms in total. The number of sulfonamides is 1. The molecule has 0 spiro atoms. The van der Waals surface area contributed by atoms with E-state index in [0.717, 1.165) is 10.0 Å². The summed E-state index contributed by atoms with van der Waals surface area (Å²) in [7, 11) is -3.94. The smallest absolute Gasteiger partial charge is 0.300 e. The van der Waals surface area contributed by atoms with Crippen LogP contribution in [0.25, 0.3) is 5.76 Å². The number of hydrogen-bond donors (Lipinski definition) is 2. The van der Waals surface area contributed by atoms with Crippen molar-refractivity contribution >= 4 is 49.1 Å². The molecule has 1 amide bonds. The maximum absolute atomic E-state index is 13.1. The lowest BCUT2D eigenvalue weighted by atomic mass is 9.97. The normalized spacial score (nSPS) is 18.0. The van der Waals surface area contributed by atoms with Gasteiger partial charge >= 0.3 is 0 Å². The van der Waals surface area contributed by atoms with Gasteiger partial charge in [-0.05, 0) is 61.0 Å². The quantitative estimate of drug-likeness (QED) is 0.303. The third-order valence-electron chi connectivity index (χ3n) is 5.29. The number of rotatable bonds is 4. The van der Waals surface area contributed by atoms with E-state index < -0.39 is 27.8 Å². The van der Waals surface area contributed by atoms with E-state index in [1.165, 1.54) is 35.4 Å². The van der Waals surface area contributed by atoms with Gasteiger partial charge in [0, 0.05) is 21.9 Å². The molecule has 1 saturated heterocycles. The molecule has 1 aromatic heterocycles. The first-order chi connectivity index (χ1) is 15.6. The number of aliphatic hydroxyl groups excluding tert-OH is 1. The SMILES string of the molecule is Cc1cc(/C(O)=C2\C(=O)C(=O)N(c3ccc(S(N)(=O)=O)cc3)C2c2ccccn2)ccc1Br. The Morgan fingerprint density at radius 1 is 1.09 bits per heavy atom. The Balaban J connectivity index is 1.92. The first-order valence-electron chi connectivity index (χ1n) is 9.71. The van der Waals surface area contributed by atoms with Crippen LogP contribution in [-0.4, -0.2) is 30.2 Å². The number of nitrogens with two attached hydrogens (primary N) is 1. The summed E-state index contributed by atoms with van der Waals surface area (Å²) in [5.41, 5.74) is 1.71. The highest BCUT2D eigenvalue weighted by atomic mass is 79.9. The standard InChI is InChI=1S/C23H18BrN3O5S/c1-13-12-14(5-10-17(13)24)21(28)19-20(18-4-2-3-11-26-18)27(23(30)22(19)29)15-6-8-16(9-7-15)33(25,31)32/h2-12,20,28H,1H3,(H2,25,31,32)/b21-19+. The van der Waals surface area contributed by atoms with Crippen LogP contribution in [0.5, 0.6) is 0 Å². The van der Waals surface area contributed by atoms with Crippen molar-refractivity contribution in [3.8, 4) is 0 Å². The molecule has 1 atom stereocenters. The summed E-state index contributed by atoms with van der Waals surface area (Å²) in [6, 6.07) is 14.3. The zero-order valence-corrected chi connectivity index (χ0v) is 19.7. The van der Waals surface area contributed by atoms with E-state index in [0.29, 0.717) is 11.3 Å². The highest BCUT2D eigenvalue weighted by Crippen LogP contribution is 2.41. The Labute approximate surface area is 198 Å². The summed E-state index contributed by atoms with van der Waals surface area (Å²) >= 11 is 3.40. The summed E-state index contributed by atoms with van der Waals surface area (Å²) in [4.78, 5) is 31.6. The highest BCUT2D eigenvalue weighted by Gasteiger charge is 2.47. The summed E-state index contributed by atoms with van der Waals surface area (Å²) < 4.78 is 24.0. The summed E-state index contributed by atoms with van der Waals surface area (Å²) in [5, 5.41) is 16.3. The number of carbonyl (C=O) groups excluding carboxylic acids is 2. The second kappa shape index (κ2) is 8.54. The molecule has 2 aromatic carbocycles. The van der Waals surface area contributed by atoms with Crippen molar-refractivity contribution in [2.24, 2.45) is 5.14 Å². The summed E-state index contributed by atoms with van der Waals surface area (Å²) in [5.74, 6) is -2.08. The number of ketones is 1. The van der Waals surface area contributed by atoms with Crippen LogP contribution in [0, 0.1) is 6.92 Å². The molecule has 1 aliphatic rings. The van der Waals surface area contributed by atoms with Crippen molar-refractivity contribution in [3.05, 3.63) is 93.7 Å². The van der Waals surface area contributed by atoms with E-state index in [1.807, 2.05) is 6.92 Å². The molecule has 3 aromatic rings. The van der Waals surface area contributed by atoms with Crippen LogP contribution in [0.4, 0.5) is 5.69 Å². The highest BCUT2D eigenvalue weighted by molar-refractivity contribution is 9.10. The van der Waals surface area contributed by atoms with Crippen molar-refractivity contribution in [3.63, 3.8) is 0 Å². The second-order valence-corrected chi connectivity index (χ2v) is 9.84. The van der Waals surface area contributed by atoms with Crippen LogP contribution >= 0.6 is 15.9 Å². The minimum Gasteiger partial charge on any atom is -0.507 e. The largest absolute Gasteiger partial charge is 0.507 e. The van der Waals surface area contributed by atoms with Crippen LogP contribution in [0.2, 0.25) is 0 Å². The first-order valence-corrected chi connectivity index (χ1v) is 12.0. The number of aromatic nitrogens is 1. The predicted molar refractivity (Wildman–Crippen MR) is 126 cm³/mol. The Morgan fingerprint density at radius 2 is 1.79 bits per heavy atom. The molecule has 0 aliphatic carbocycles. The van der Waals surface area contributed by atoms with Gasteiger partial charge in [-0.25, -0.2) is 13.6 Å². The third kappa shape index (κ3) is 4.20. The van der Waals surface area contributed by atoms with Crippen LogP contribution in [-0.2, 0) is 19.6 Å². The third-order valence-corrected chi connectivity index (χ3v) is 7.11. The molecule has 0 bridgehead atoms. The number of halogens is 1. The number of Topliss-reactive ketones (excluding diaryl/α,β-unsaturated/α-hetero) is 1. The Morgan fingerprint density at radius 3 is 2.36 bits per heavy atom. The maximum Gasteiger partial charge on any atom is 0.300 e. The molecular formula is C23H18BrN3O5S. The van der Waals surface area contributed by atoms with Gasteiger partial charge in [-0.15, -0.1) is 0 Å². The fraction of sp³-hybridized carbons (Fsp3) is 0.0870. The zero-order chi connectivity index (χ0) is 23.9. The van der Waals surface area contributed by atoms with Gasteiger partial charge in [-0.3, -0.25) is 19.5 Å². The molecule has 0 saturated carbocycles. The number of aryl methyl sites for hydroxylation is 1. The van der Waals surface area contributed by atoms with E-state index in [9.17, 15) is 23.1 Å². The molecule has 1 aliphatic heterocycles. The van der Waals surface area contributed by atoms with Gasteiger partial charge in [0.25, 0.3) is 11.7 Å². The summed E-state index contributed by atoms with van der Waals surface area (Å²) in [6.07, 6.45) is 1.52. The molecule has 168 valence electrons. The van der Waals surface area contributed by atoms with Crippen LogP contribution in [0.1, 0.15) is 22.9 Å². The number of pyridine rings is 1. The Bertz CT molecular complexity index is 1400. The molecule has 33 heavy (non-hydrogen) atoms. The number of carbonyl (C=O) groups is 2.